The van der Waals surface area contributed by atoms with E-state index in [1.54, 1.807) is 0 Å². The quantitative estimate of drug-likeness (QED) is 0.353. The van der Waals surface area contributed by atoms with Crippen molar-refractivity contribution in [2.24, 2.45) is 0 Å². The zero-order valence-corrected chi connectivity index (χ0v) is 12.1. The van der Waals surface area contributed by atoms with Crippen molar-refractivity contribution in [2.45, 2.75) is 50.4 Å². The summed E-state index contributed by atoms with van der Waals surface area (Å²) in [5.74, 6) is -1.72. The highest BCUT2D eigenvalue weighted by atomic mass is 32.2. The molecule has 0 aromatic heterocycles. The third kappa shape index (κ3) is 8.85. The van der Waals surface area contributed by atoms with E-state index in [4.69, 9.17) is 9.47 Å². The van der Waals surface area contributed by atoms with Gasteiger partial charge in [-0.3, -0.25) is 0 Å². The highest BCUT2D eigenvalue weighted by Crippen LogP contribution is 2.16. The van der Waals surface area contributed by atoms with Crippen LogP contribution in [0.4, 0.5) is 0 Å². The van der Waals surface area contributed by atoms with Crippen molar-refractivity contribution >= 4 is 23.7 Å². The maximum atomic E-state index is 11.3. The van der Waals surface area contributed by atoms with Gasteiger partial charge >= 0.3 is 11.9 Å². The van der Waals surface area contributed by atoms with Crippen LogP contribution in [0.1, 0.15) is 39.5 Å². The van der Waals surface area contributed by atoms with Gasteiger partial charge in [0, 0.05) is 0 Å². The van der Waals surface area contributed by atoms with Crippen molar-refractivity contribution in [3.63, 3.8) is 0 Å². The van der Waals surface area contributed by atoms with E-state index >= 15 is 0 Å². The fourth-order valence-electron chi connectivity index (χ4n) is 1.01. The number of unbranched alkanes of at least 4 members (excludes halogenated alkanes) is 2. The molecule has 0 fully saturated rings. The molecule has 0 rings (SSSR count). The summed E-state index contributed by atoms with van der Waals surface area (Å²) in [5.41, 5.74) is -3.18. The minimum Gasteiger partial charge on any atom is -0.463 e. The molecule has 0 aromatic carbocycles. The molecule has 0 aromatic rings. The summed E-state index contributed by atoms with van der Waals surface area (Å²) in [4.78, 5) is 22.6. The average molecular weight is 294 g/mol. The molecular formula is C12H22O6S. The van der Waals surface area contributed by atoms with Crippen LogP contribution in [-0.4, -0.2) is 46.2 Å². The lowest BCUT2D eigenvalue weighted by Gasteiger charge is -2.14. The summed E-state index contributed by atoms with van der Waals surface area (Å²) < 4.78 is 9.50. The zero-order chi connectivity index (χ0) is 14.7. The van der Waals surface area contributed by atoms with Crippen LogP contribution in [0, 0.1) is 0 Å². The number of rotatable bonds is 10. The molecule has 0 amide bonds. The van der Waals surface area contributed by atoms with E-state index < -0.39 is 22.8 Å². The molecule has 0 heterocycles. The van der Waals surface area contributed by atoms with Crippen molar-refractivity contribution in [3.05, 3.63) is 0 Å². The van der Waals surface area contributed by atoms with Crippen molar-refractivity contribution in [1.82, 2.24) is 0 Å². The number of carbonyl (C=O) groups excluding carboxylic acids is 2. The Balaban J connectivity index is 3.92. The largest absolute Gasteiger partial charge is 0.463 e. The molecule has 19 heavy (non-hydrogen) atoms. The molecule has 112 valence electrons. The van der Waals surface area contributed by atoms with E-state index in [0.717, 1.165) is 12.8 Å². The minimum absolute atomic E-state index is 0.212. The van der Waals surface area contributed by atoms with Crippen LogP contribution in [-0.2, 0) is 19.1 Å². The number of ether oxygens (including phenoxy) is 2. The lowest BCUT2D eigenvalue weighted by Crippen LogP contribution is -2.28. The van der Waals surface area contributed by atoms with Gasteiger partial charge in [0.25, 0.3) is 0 Å². The molecule has 0 radical (unpaired) electrons. The van der Waals surface area contributed by atoms with Crippen molar-refractivity contribution in [2.75, 3.05) is 13.2 Å². The fraction of sp³-hybridized carbons (Fsp3) is 0.833. The Labute approximate surface area is 117 Å². The molecule has 0 unspecified atom stereocenters. The normalized spacial score (nSPS) is 13.7. The Morgan fingerprint density at radius 1 is 0.947 bits per heavy atom. The molecule has 0 aliphatic rings. The van der Waals surface area contributed by atoms with E-state index in [1.165, 1.54) is 0 Å². The fourth-order valence-corrected chi connectivity index (χ4v) is 1.61. The van der Waals surface area contributed by atoms with Crippen molar-refractivity contribution in [3.8, 4) is 0 Å². The van der Waals surface area contributed by atoms with Gasteiger partial charge in [-0.15, -0.1) is 0 Å². The van der Waals surface area contributed by atoms with Crippen molar-refractivity contribution < 1.29 is 29.3 Å². The maximum absolute atomic E-state index is 11.3. The van der Waals surface area contributed by atoms with Gasteiger partial charge in [0.05, 0.1) is 13.2 Å². The number of thioether (sulfide) groups is 1. The van der Waals surface area contributed by atoms with Crippen molar-refractivity contribution in [1.29, 1.82) is 0 Å². The SMILES string of the molecule is CCCCOC(=O)[C@H](O)S[C@H](O)C(=O)OCCCC. The number of esters is 2. The second kappa shape index (κ2) is 11.1. The Morgan fingerprint density at radius 3 is 1.63 bits per heavy atom. The lowest BCUT2D eigenvalue weighted by molar-refractivity contribution is -0.149. The van der Waals surface area contributed by atoms with Gasteiger partial charge < -0.3 is 19.7 Å². The van der Waals surface area contributed by atoms with Crippen LogP contribution < -0.4 is 0 Å². The highest BCUT2D eigenvalue weighted by Gasteiger charge is 2.26. The Hall–Kier alpha value is -0.790. The molecular weight excluding hydrogens is 272 g/mol. The summed E-state index contributed by atoms with van der Waals surface area (Å²) in [6, 6.07) is 0. The molecule has 0 spiro atoms. The number of aliphatic hydroxyl groups excluding tert-OH is 2. The van der Waals surface area contributed by atoms with E-state index in [0.29, 0.717) is 24.6 Å². The molecule has 0 saturated heterocycles. The average Bonchev–Trinajstić information content (AvgIpc) is 2.38. The first-order valence-corrected chi connectivity index (χ1v) is 7.32. The molecule has 0 aliphatic carbocycles. The summed E-state index contributed by atoms with van der Waals surface area (Å²) in [6.45, 7) is 4.30. The maximum Gasteiger partial charge on any atom is 0.345 e. The second-order valence-electron chi connectivity index (χ2n) is 3.88. The predicted octanol–water partition coefficient (Wildman–Crippen LogP) is 1.04. The number of carbonyl (C=O) groups is 2. The van der Waals surface area contributed by atoms with Gasteiger partial charge in [-0.25, -0.2) is 9.59 Å². The monoisotopic (exact) mass is 294 g/mol. The van der Waals surface area contributed by atoms with Crippen LogP contribution in [0.25, 0.3) is 0 Å². The molecule has 0 saturated carbocycles. The summed E-state index contributed by atoms with van der Waals surface area (Å²) in [7, 11) is 0. The summed E-state index contributed by atoms with van der Waals surface area (Å²) >= 11 is 0.394. The smallest absolute Gasteiger partial charge is 0.345 e. The second-order valence-corrected chi connectivity index (χ2v) is 5.05. The Kier molecular flexibility index (Phi) is 10.6. The van der Waals surface area contributed by atoms with E-state index in [-0.39, 0.29) is 13.2 Å². The number of hydrogen-bond acceptors (Lipinski definition) is 7. The molecule has 7 heteroatoms. The first-order valence-electron chi connectivity index (χ1n) is 6.37. The number of hydrogen-bond donors (Lipinski definition) is 2. The molecule has 2 atom stereocenters. The topological polar surface area (TPSA) is 93.1 Å². The third-order valence-electron chi connectivity index (χ3n) is 2.15. The standard InChI is InChI=1S/C12H22O6S/c1-3-5-7-17-9(13)11(15)19-12(16)10(14)18-8-6-4-2/h11-12,15-16H,3-8H2,1-2H3/t11-,12+. The molecule has 2 N–H and O–H groups in total. The van der Waals surface area contributed by atoms with Gasteiger partial charge in [-0.05, 0) is 12.8 Å². The van der Waals surface area contributed by atoms with Gasteiger partial charge in [0.15, 0.2) is 0 Å². The van der Waals surface area contributed by atoms with E-state index in [9.17, 15) is 19.8 Å². The predicted molar refractivity (Wildman–Crippen MR) is 71.3 cm³/mol. The zero-order valence-electron chi connectivity index (χ0n) is 11.3. The molecule has 0 aliphatic heterocycles. The first kappa shape index (κ1) is 18.2. The van der Waals surface area contributed by atoms with Crippen LogP contribution in [0.5, 0.6) is 0 Å². The lowest BCUT2D eigenvalue weighted by atomic mass is 10.4. The van der Waals surface area contributed by atoms with Crippen LogP contribution in [0.3, 0.4) is 0 Å². The van der Waals surface area contributed by atoms with Gasteiger partial charge in [0.1, 0.15) is 0 Å². The van der Waals surface area contributed by atoms with E-state index in [2.05, 4.69) is 0 Å². The van der Waals surface area contributed by atoms with E-state index in [1.807, 2.05) is 13.8 Å². The minimum atomic E-state index is -1.59. The number of aliphatic hydroxyl groups is 2. The van der Waals surface area contributed by atoms with Crippen LogP contribution >= 0.6 is 11.8 Å². The molecule has 6 nitrogen and oxygen atoms in total. The summed E-state index contributed by atoms with van der Waals surface area (Å²) in [5, 5.41) is 18.9. The highest BCUT2D eigenvalue weighted by molar-refractivity contribution is 8.01. The Morgan fingerprint density at radius 2 is 1.32 bits per heavy atom. The summed E-state index contributed by atoms with van der Waals surface area (Å²) in [6.07, 6.45) is 3.13. The van der Waals surface area contributed by atoms with Gasteiger partial charge in [-0.1, -0.05) is 38.5 Å². The molecule has 0 bridgehead atoms. The van der Waals surface area contributed by atoms with Crippen LogP contribution in [0.2, 0.25) is 0 Å². The van der Waals surface area contributed by atoms with Gasteiger partial charge in [0.2, 0.25) is 10.9 Å². The third-order valence-corrected chi connectivity index (χ3v) is 3.05. The van der Waals surface area contributed by atoms with Gasteiger partial charge in [-0.2, -0.15) is 0 Å². The van der Waals surface area contributed by atoms with Crippen LogP contribution in [0.15, 0.2) is 0 Å². The first-order chi connectivity index (χ1) is 9.02. The Bertz CT molecular complexity index is 245.